The van der Waals surface area contributed by atoms with Gasteiger partial charge in [0, 0.05) is 4.88 Å². The zero-order chi connectivity index (χ0) is 25.2. The second-order valence-electron chi connectivity index (χ2n) is 8.33. The lowest BCUT2D eigenvalue weighted by atomic mass is 10.0. The van der Waals surface area contributed by atoms with E-state index in [0.29, 0.717) is 11.1 Å². The number of benzene rings is 2. The Morgan fingerprint density at radius 2 is 1.69 bits per heavy atom. The largest absolute Gasteiger partial charge is 0.509 e. The Bertz CT molecular complexity index is 1300. The van der Waals surface area contributed by atoms with Gasteiger partial charge in [0.2, 0.25) is 5.91 Å². The van der Waals surface area contributed by atoms with Crippen molar-refractivity contribution in [2.75, 3.05) is 5.75 Å². The number of β-lactam (4-membered cyclic amide) rings is 1. The third-order valence-corrected chi connectivity index (χ3v) is 8.42. The molecule has 8 nitrogen and oxygen atoms in total. The van der Waals surface area contributed by atoms with Crippen LogP contribution in [0.5, 0.6) is 0 Å². The van der Waals surface area contributed by atoms with Crippen LogP contribution >= 0.6 is 11.3 Å². The van der Waals surface area contributed by atoms with Crippen molar-refractivity contribution in [1.29, 1.82) is 0 Å². The summed E-state index contributed by atoms with van der Waals surface area (Å²) in [5.41, 5.74) is 1.08. The number of esters is 1. The first-order chi connectivity index (χ1) is 17.4. The highest BCUT2D eigenvalue weighted by Crippen LogP contribution is 2.36. The number of hydrogen-bond acceptors (Lipinski definition) is 7. The SMILES string of the molecule is O=C(Cc1cccs1)NC1C(=O)N2C(C(=O)OC(c3ccccc3)c3ccccc3)=C(O)CS(=O)[C@@H]12. The van der Waals surface area contributed by atoms with Crippen molar-refractivity contribution in [1.82, 2.24) is 10.2 Å². The van der Waals surface area contributed by atoms with Crippen molar-refractivity contribution >= 4 is 39.9 Å². The molecule has 2 aliphatic rings. The highest BCUT2D eigenvalue weighted by atomic mass is 32.2. The molecule has 0 aliphatic carbocycles. The summed E-state index contributed by atoms with van der Waals surface area (Å²) in [6.07, 6.45) is -0.698. The monoisotopic (exact) mass is 522 g/mol. The summed E-state index contributed by atoms with van der Waals surface area (Å²) < 4.78 is 18.6. The third-order valence-electron chi connectivity index (χ3n) is 5.96. The van der Waals surface area contributed by atoms with Gasteiger partial charge < -0.3 is 15.2 Å². The molecule has 36 heavy (non-hydrogen) atoms. The molecule has 0 radical (unpaired) electrons. The molecule has 0 spiro atoms. The number of rotatable bonds is 7. The molecule has 10 heteroatoms. The van der Waals surface area contributed by atoms with Crippen LogP contribution in [0.2, 0.25) is 0 Å². The van der Waals surface area contributed by atoms with Gasteiger partial charge in [-0.15, -0.1) is 11.3 Å². The van der Waals surface area contributed by atoms with Gasteiger partial charge in [-0.25, -0.2) is 4.79 Å². The molecule has 3 atom stereocenters. The molecule has 3 aromatic rings. The summed E-state index contributed by atoms with van der Waals surface area (Å²) in [5, 5.41) is 14.1. The normalized spacial score (nSPS) is 21.1. The van der Waals surface area contributed by atoms with Gasteiger partial charge in [-0.05, 0) is 22.6 Å². The highest BCUT2D eigenvalue weighted by molar-refractivity contribution is 7.86. The quantitative estimate of drug-likeness (QED) is 0.365. The number of hydrogen-bond donors (Lipinski definition) is 2. The Morgan fingerprint density at radius 1 is 1.06 bits per heavy atom. The molecule has 3 heterocycles. The Morgan fingerprint density at radius 3 is 2.28 bits per heavy atom. The molecule has 2 unspecified atom stereocenters. The number of amides is 2. The summed E-state index contributed by atoms with van der Waals surface area (Å²) in [7, 11) is -1.71. The van der Waals surface area contributed by atoms with Crippen molar-refractivity contribution < 1.29 is 28.4 Å². The lowest BCUT2D eigenvalue weighted by Gasteiger charge is -2.48. The van der Waals surface area contributed by atoms with Gasteiger partial charge in [0.25, 0.3) is 5.91 Å². The summed E-state index contributed by atoms with van der Waals surface area (Å²) in [5.74, 6) is -2.72. The lowest BCUT2D eigenvalue weighted by molar-refractivity contribution is -0.155. The van der Waals surface area contributed by atoms with Crippen molar-refractivity contribution in [2.24, 2.45) is 0 Å². The van der Waals surface area contributed by atoms with Crippen LogP contribution in [-0.4, -0.2) is 49.2 Å². The molecule has 0 saturated carbocycles. The Kier molecular flexibility index (Phi) is 6.71. The Labute approximate surface area is 213 Å². The van der Waals surface area contributed by atoms with Gasteiger partial charge >= 0.3 is 5.97 Å². The molecule has 5 rings (SSSR count). The first kappa shape index (κ1) is 24.0. The lowest BCUT2D eigenvalue weighted by Crippen LogP contribution is -2.73. The third kappa shape index (κ3) is 4.57. The number of thiophene rings is 1. The molecule has 2 aromatic carbocycles. The van der Waals surface area contributed by atoms with Gasteiger partial charge in [-0.3, -0.25) is 18.7 Å². The van der Waals surface area contributed by atoms with E-state index in [4.69, 9.17) is 4.74 Å². The van der Waals surface area contributed by atoms with Gasteiger partial charge in [0.1, 0.15) is 17.2 Å². The number of aliphatic hydroxyl groups is 1. The van der Waals surface area contributed by atoms with Gasteiger partial charge in [-0.2, -0.15) is 0 Å². The Balaban J connectivity index is 1.37. The van der Waals surface area contributed by atoms with E-state index in [2.05, 4.69) is 5.32 Å². The zero-order valence-corrected chi connectivity index (χ0v) is 20.5. The maximum absolute atomic E-state index is 13.3. The van der Waals surface area contributed by atoms with Crippen molar-refractivity contribution in [3.63, 3.8) is 0 Å². The van der Waals surface area contributed by atoms with E-state index in [1.807, 2.05) is 78.2 Å². The van der Waals surface area contributed by atoms with Gasteiger partial charge in [-0.1, -0.05) is 66.7 Å². The standard InChI is InChI=1S/C26H22N2O6S2/c29-19-15-36(33)25-21(27-20(30)14-18-12-7-13-35-18)24(31)28(25)22(19)26(32)34-23(16-8-3-1-4-9-16)17-10-5-2-6-11-17/h1-13,21,23,25,29H,14-15H2,(H,27,30)/t21?,25-,36?/m0/s1. The minimum absolute atomic E-state index is 0.0899. The number of aliphatic hydroxyl groups excluding tert-OH is 1. The predicted molar refractivity (Wildman–Crippen MR) is 134 cm³/mol. The van der Waals surface area contributed by atoms with E-state index in [1.54, 1.807) is 0 Å². The number of ether oxygens (including phenoxy) is 1. The van der Waals surface area contributed by atoms with E-state index in [-0.39, 0.29) is 23.8 Å². The highest BCUT2D eigenvalue weighted by Gasteiger charge is 2.57. The first-order valence-electron chi connectivity index (χ1n) is 11.2. The van der Waals surface area contributed by atoms with E-state index in [1.165, 1.54) is 11.3 Å². The van der Waals surface area contributed by atoms with Crippen molar-refractivity contribution in [3.8, 4) is 0 Å². The molecule has 2 amide bonds. The summed E-state index contributed by atoms with van der Waals surface area (Å²) in [6.45, 7) is 0. The molecule has 1 aromatic heterocycles. The van der Waals surface area contributed by atoms with E-state index < -0.39 is 46.0 Å². The summed E-state index contributed by atoms with van der Waals surface area (Å²) in [6, 6.07) is 20.8. The van der Waals surface area contributed by atoms with Gasteiger partial charge in [0.05, 0.1) is 23.0 Å². The van der Waals surface area contributed by atoms with Crippen LogP contribution in [0.3, 0.4) is 0 Å². The van der Waals surface area contributed by atoms with Gasteiger partial charge in [0.15, 0.2) is 11.8 Å². The number of nitrogens with zero attached hydrogens (tertiary/aromatic N) is 1. The van der Waals surface area contributed by atoms with E-state index in [0.717, 1.165) is 9.78 Å². The molecular formula is C26H22N2O6S2. The zero-order valence-electron chi connectivity index (χ0n) is 18.9. The first-order valence-corrected chi connectivity index (χ1v) is 13.4. The second kappa shape index (κ2) is 10.1. The molecule has 184 valence electrons. The minimum Gasteiger partial charge on any atom is -0.509 e. The smallest absolute Gasteiger partial charge is 0.359 e. The topological polar surface area (TPSA) is 113 Å². The molecular weight excluding hydrogens is 500 g/mol. The van der Waals surface area contributed by atoms with Crippen molar-refractivity contribution in [3.05, 3.63) is 106 Å². The van der Waals surface area contributed by atoms with Crippen molar-refractivity contribution in [2.45, 2.75) is 23.9 Å². The van der Waals surface area contributed by atoms with Crippen LogP contribution in [0.1, 0.15) is 22.1 Å². The summed E-state index contributed by atoms with van der Waals surface area (Å²) in [4.78, 5) is 40.6. The minimum atomic E-state index is -1.71. The average molecular weight is 523 g/mol. The number of fused-ring (bicyclic) bond motifs is 1. The van der Waals surface area contributed by atoms with E-state index >= 15 is 0 Å². The van der Waals surface area contributed by atoms with Crippen LogP contribution < -0.4 is 5.32 Å². The molecule has 0 bridgehead atoms. The maximum atomic E-state index is 13.3. The molecule has 1 fully saturated rings. The molecule has 2 aliphatic heterocycles. The fraction of sp³-hybridized carbons (Fsp3) is 0.192. The van der Waals surface area contributed by atoms with Crippen LogP contribution in [0.15, 0.2) is 89.6 Å². The fourth-order valence-electron chi connectivity index (χ4n) is 4.29. The number of carbonyl (C=O) groups excluding carboxylic acids is 3. The molecule has 1 saturated heterocycles. The fourth-order valence-corrected chi connectivity index (χ4v) is 6.50. The van der Waals surface area contributed by atoms with E-state index in [9.17, 15) is 23.7 Å². The second-order valence-corrected chi connectivity index (χ2v) is 10.9. The summed E-state index contributed by atoms with van der Waals surface area (Å²) >= 11 is 1.42. The maximum Gasteiger partial charge on any atom is 0.359 e. The number of carbonyl (C=O) groups is 3. The van der Waals surface area contributed by atoms with Crippen LogP contribution in [0, 0.1) is 0 Å². The Hall–Kier alpha value is -3.76. The number of nitrogens with one attached hydrogen (secondary N) is 1. The van der Waals surface area contributed by atoms with Crippen LogP contribution in [0.25, 0.3) is 0 Å². The van der Waals surface area contributed by atoms with Crippen LogP contribution in [-0.2, 0) is 36.3 Å². The molecule has 2 N–H and O–H groups in total. The van der Waals surface area contributed by atoms with Crippen LogP contribution in [0.4, 0.5) is 0 Å². The predicted octanol–water partition coefficient (Wildman–Crippen LogP) is 2.81. The average Bonchev–Trinajstić information content (AvgIpc) is 3.39.